The van der Waals surface area contributed by atoms with Crippen molar-refractivity contribution in [2.45, 2.75) is 0 Å². The number of thiophene rings is 1. The molecule has 0 saturated carbocycles. The average Bonchev–Trinajstić information content (AvgIpc) is 3.15. The Hall–Kier alpha value is -2.66. The molecule has 0 amide bonds. The first-order valence-electron chi connectivity index (χ1n) is 6.34. The highest BCUT2D eigenvalue weighted by Crippen LogP contribution is 2.27. The number of hydrogen-bond acceptors (Lipinski definition) is 3. The van der Waals surface area contributed by atoms with Gasteiger partial charge in [0.2, 0.25) is 0 Å². The summed E-state index contributed by atoms with van der Waals surface area (Å²) in [7, 11) is 0. The predicted molar refractivity (Wildman–Crippen MR) is 84.2 cm³/mol. The standard InChI is InChI=1S/C16H12N2O2S/c19-16(20)15-9-8-14(21-15)13-10-12(17-18-13)7-6-11-4-2-1-3-5-11/h1-10H,(H,17,18)(H,19,20). The Kier molecular flexibility index (Phi) is 3.66. The number of hydrogen-bond donors (Lipinski definition) is 2. The summed E-state index contributed by atoms with van der Waals surface area (Å²) in [6.45, 7) is 0. The van der Waals surface area contributed by atoms with Crippen LogP contribution in [0.5, 0.6) is 0 Å². The Labute approximate surface area is 125 Å². The highest BCUT2D eigenvalue weighted by atomic mass is 32.1. The normalized spacial score (nSPS) is 11.0. The number of nitrogens with zero attached hydrogens (tertiary/aromatic N) is 1. The van der Waals surface area contributed by atoms with Gasteiger partial charge < -0.3 is 5.11 Å². The molecule has 0 unspecified atom stereocenters. The Balaban J connectivity index is 1.80. The number of carboxylic acids is 1. The quantitative estimate of drug-likeness (QED) is 0.764. The fourth-order valence-corrected chi connectivity index (χ4v) is 2.69. The molecule has 0 atom stereocenters. The van der Waals surface area contributed by atoms with E-state index in [1.807, 2.05) is 48.6 Å². The molecule has 1 aromatic carbocycles. The van der Waals surface area contributed by atoms with Gasteiger partial charge in [-0.25, -0.2) is 4.79 Å². The molecule has 104 valence electrons. The minimum atomic E-state index is -0.911. The summed E-state index contributed by atoms with van der Waals surface area (Å²) in [5.74, 6) is -0.911. The molecular weight excluding hydrogens is 284 g/mol. The average molecular weight is 296 g/mol. The second-order valence-corrected chi connectivity index (χ2v) is 5.51. The zero-order chi connectivity index (χ0) is 14.7. The van der Waals surface area contributed by atoms with Gasteiger partial charge in [0.1, 0.15) is 10.6 Å². The number of nitrogens with one attached hydrogen (secondary N) is 1. The third kappa shape index (κ3) is 3.09. The molecule has 2 aromatic heterocycles. The summed E-state index contributed by atoms with van der Waals surface area (Å²) in [5, 5.41) is 16.1. The lowest BCUT2D eigenvalue weighted by Gasteiger charge is -1.89. The zero-order valence-corrected chi connectivity index (χ0v) is 11.8. The first-order valence-corrected chi connectivity index (χ1v) is 7.16. The van der Waals surface area contributed by atoms with Gasteiger partial charge in [0.25, 0.3) is 0 Å². The van der Waals surface area contributed by atoms with Gasteiger partial charge in [0.15, 0.2) is 0 Å². The summed E-state index contributed by atoms with van der Waals surface area (Å²) in [6.07, 6.45) is 3.94. The first-order chi connectivity index (χ1) is 10.2. The lowest BCUT2D eigenvalue weighted by Crippen LogP contribution is -1.89. The van der Waals surface area contributed by atoms with Gasteiger partial charge in [-0.05, 0) is 29.8 Å². The molecule has 0 aliphatic rings. The number of aromatic nitrogens is 2. The number of carbonyl (C=O) groups is 1. The van der Waals surface area contributed by atoms with Crippen molar-refractivity contribution in [2.75, 3.05) is 0 Å². The maximum Gasteiger partial charge on any atom is 0.345 e. The van der Waals surface area contributed by atoms with Crippen LogP contribution in [0.3, 0.4) is 0 Å². The van der Waals surface area contributed by atoms with Gasteiger partial charge in [-0.2, -0.15) is 5.10 Å². The molecule has 2 N–H and O–H groups in total. The zero-order valence-electron chi connectivity index (χ0n) is 11.0. The highest BCUT2D eigenvalue weighted by molar-refractivity contribution is 7.17. The van der Waals surface area contributed by atoms with Crippen LogP contribution in [0, 0.1) is 0 Å². The molecule has 0 fully saturated rings. The van der Waals surface area contributed by atoms with Gasteiger partial charge >= 0.3 is 5.97 Å². The monoisotopic (exact) mass is 296 g/mol. The maximum atomic E-state index is 10.9. The van der Waals surface area contributed by atoms with Gasteiger partial charge in [-0.15, -0.1) is 11.3 Å². The Morgan fingerprint density at radius 2 is 1.95 bits per heavy atom. The van der Waals surface area contributed by atoms with Gasteiger partial charge in [0.05, 0.1) is 10.6 Å². The van der Waals surface area contributed by atoms with Crippen molar-refractivity contribution in [2.24, 2.45) is 0 Å². The minimum absolute atomic E-state index is 0.314. The molecule has 0 bridgehead atoms. The molecule has 3 rings (SSSR count). The van der Waals surface area contributed by atoms with E-state index in [2.05, 4.69) is 10.2 Å². The second-order valence-electron chi connectivity index (χ2n) is 4.42. The Morgan fingerprint density at radius 3 is 2.67 bits per heavy atom. The molecule has 0 spiro atoms. The van der Waals surface area contributed by atoms with Crippen LogP contribution in [-0.4, -0.2) is 21.3 Å². The molecule has 0 saturated heterocycles. The van der Waals surface area contributed by atoms with Gasteiger partial charge in [-0.3, -0.25) is 5.10 Å². The fourth-order valence-electron chi connectivity index (χ4n) is 1.89. The van der Waals surface area contributed by atoms with E-state index in [9.17, 15) is 4.79 Å². The highest BCUT2D eigenvalue weighted by Gasteiger charge is 2.10. The van der Waals surface area contributed by atoms with E-state index in [4.69, 9.17) is 5.11 Å². The molecule has 0 aliphatic carbocycles. The van der Waals surface area contributed by atoms with Gasteiger partial charge in [-0.1, -0.05) is 36.4 Å². The second kappa shape index (κ2) is 5.76. The van der Waals surface area contributed by atoms with Crippen LogP contribution < -0.4 is 0 Å². The molecular formula is C16H12N2O2S. The van der Waals surface area contributed by atoms with E-state index >= 15 is 0 Å². The van der Waals surface area contributed by atoms with Crippen LogP contribution in [0.2, 0.25) is 0 Å². The molecule has 2 heterocycles. The van der Waals surface area contributed by atoms with Crippen molar-refractivity contribution in [1.29, 1.82) is 0 Å². The van der Waals surface area contributed by atoms with E-state index in [0.717, 1.165) is 21.8 Å². The summed E-state index contributed by atoms with van der Waals surface area (Å²) in [4.78, 5) is 12.0. The van der Waals surface area contributed by atoms with Crippen LogP contribution in [-0.2, 0) is 0 Å². The van der Waals surface area contributed by atoms with E-state index in [0.29, 0.717) is 4.88 Å². The van der Waals surface area contributed by atoms with Crippen molar-refractivity contribution in [3.63, 3.8) is 0 Å². The summed E-state index contributed by atoms with van der Waals surface area (Å²) < 4.78 is 0. The first kappa shape index (κ1) is 13.3. The molecule has 5 heteroatoms. The van der Waals surface area contributed by atoms with Crippen LogP contribution in [0.25, 0.3) is 22.7 Å². The Bertz CT molecular complexity index is 787. The van der Waals surface area contributed by atoms with E-state index in [-0.39, 0.29) is 0 Å². The Morgan fingerprint density at radius 1 is 1.14 bits per heavy atom. The van der Waals surface area contributed by atoms with Crippen molar-refractivity contribution in [3.8, 4) is 10.6 Å². The largest absolute Gasteiger partial charge is 0.477 e. The van der Waals surface area contributed by atoms with Crippen molar-refractivity contribution in [3.05, 3.63) is 64.7 Å². The molecule has 0 radical (unpaired) electrons. The smallest absolute Gasteiger partial charge is 0.345 e. The summed E-state index contributed by atoms with van der Waals surface area (Å²) >= 11 is 1.22. The van der Waals surface area contributed by atoms with Crippen molar-refractivity contribution >= 4 is 29.5 Å². The lowest BCUT2D eigenvalue weighted by atomic mass is 10.2. The van der Waals surface area contributed by atoms with Crippen LogP contribution >= 0.6 is 11.3 Å². The number of benzene rings is 1. The lowest BCUT2D eigenvalue weighted by molar-refractivity contribution is 0.0702. The summed E-state index contributed by atoms with van der Waals surface area (Å²) in [6, 6.07) is 15.2. The number of aromatic amines is 1. The third-order valence-electron chi connectivity index (χ3n) is 2.92. The van der Waals surface area contributed by atoms with E-state index in [1.165, 1.54) is 11.3 Å². The molecule has 0 aliphatic heterocycles. The third-order valence-corrected chi connectivity index (χ3v) is 4.02. The number of H-pyrrole nitrogens is 1. The van der Waals surface area contributed by atoms with Crippen LogP contribution in [0.15, 0.2) is 48.5 Å². The van der Waals surface area contributed by atoms with Crippen molar-refractivity contribution in [1.82, 2.24) is 10.2 Å². The minimum Gasteiger partial charge on any atom is -0.477 e. The number of aromatic carboxylic acids is 1. The fraction of sp³-hybridized carbons (Fsp3) is 0. The predicted octanol–water partition coefficient (Wildman–Crippen LogP) is 4.01. The van der Waals surface area contributed by atoms with E-state index < -0.39 is 5.97 Å². The topological polar surface area (TPSA) is 66.0 Å². The van der Waals surface area contributed by atoms with Crippen molar-refractivity contribution < 1.29 is 9.90 Å². The summed E-state index contributed by atoms with van der Waals surface area (Å²) in [5.41, 5.74) is 2.73. The van der Waals surface area contributed by atoms with Gasteiger partial charge in [0, 0.05) is 0 Å². The molecule has 21 heavy (non-hydrogen) atoms. The maximum absolute atomic E-state index is 10.9. The van der Waals surface area contributed by atoms with Crippen LogP contribution in [0.1, 0.15) is 20.9 Å². The van der Waals surface area contributed by atoms with Crippen LogP contribution in [0.4, 0.5) is 0 Å². The number of carboxylic acid groups (broad SMARTS) is 1. The number of rotatable bonds is 4. The molecule has 4 nitrogen and oxygen atoms in total. The van der Waals surface area contributed by atoms with E-state index in [1.54, 1.807) is 12.1 Å². The molecule has 3 aromatic rings. The SMILES string of the molecule is O=C(O)c1ccc(-c2cc(C=Cc3ccccc3)[nH]n2)s1.